The molecule has 21 heavy (non-hydrogen) atoms. The van der Waals surface area contributed by atoms with Crippen LogP contribution in [0.2, 0.25) is 5.02 Å². The van der Waals surface area contributed by atoms with Gasteiger partial charge >= 0.3 is 0 Å². The molecule has 0 saturated carbocycles. The Morgan fingerprint density at radius 2 is 2.05 bits per heavy atom. The molecular formula is C16H26ClN3O. The molecule has 0 aromatic heterocycles. The summed E-state index contributed by atoms with van der Waals surface area (Å²) in [4.78, 5) is 12.3. The number of carbonyl (C=O) groups is 1. The van der Waals surface area contributed by atoms with Crippen LogP contribution < -0.4 is 16.6 Å². The van der Waals surface area contributed by atoms with Crippen LogP contribution in [0.5, 0.6) is 0 Å². The first-order valence-electron chi connectivity index (χ1n) is 7.44. The fourth-order valence-electron chi connectivity index (χ4n) is 2.19. The highest BCUT2D eigenvalue weighted by Gasteiger charge is 2.20. The van der Waals surface area contributed by atoms with Crippen molar-refractivity contribution in [2.75, 3.05) is 12.0 Å². The molecule has 1 aromatic carbocycles. The molecule has 0 unspecified atom stereocenters. The minimum absolute atomic E-state index is 0.0830. The van der Waals surface area contributed by atoms with E-state index < -0.39 is 0 Å². The number of hydrogen-bond acceptors (Lipinski definition) is 3. The fraction of sp³-hybridized carbons (Fsp3) is 0.562. The summed E-state index contributed by atoms with van der Waals surface area (Å²) >= 11 is 5.94. The smallest absolute Gasteiger partial charge is 0.253 e. The molecule has 118 valence electrons. The van der Waals surface area contributed by atoms with Crippen LogP contribution >= 0.6 is 11.6 Å². The maximum Gasteiger partial charge on any atom is 0.253 e. The summed E-state index contributed by atoms with van der Waals surface area (Å²) in [6.07, 6.45) is 4.72. The fourth-order valence-corrected chi connectivity index (χ4v) is 2.36. The maximum absolute atomic E-state index is 12.3. The van der Waals surface area contributed by atoms with Crippen molar-refractivity contribution in [3.63, 3.8) is 0 Å². The van der Waals surface area contributed by atoms with E-state index in [9.17, 15) is 4.79 Å². The number of amides is 1. The Morgan fingerprint density at radius 1 is 1.33 bits per heavy atom. The van der Waals surface area contributed by atoms with E-state index >= 15 is 0 Å². The molecule has 5 heteroatoms. The average Bonchev–Trinajstić information content (AvgIpc) is 2.45. The Balaban J connectivity index is 2.63. The van der Waals surface area contributed by atoms with Crippen molar-refractivity contribution in [3.05, 3.63) is 28.8 Å². The second-order valence-corrected chi connectivity index (χ2v) is 6.57. The predicted molar refractivity (Wildman–Crippen MR) is 89.5 cm³/mol. The highest BCUT2D eigenvalue weighted by molar-refractivity contribution is 6.31. The van der Waals surface area contributed by atoms with Crippen LogP contribution in [0.3, 0.4) is 0 Å². The number of unbranched alkanes of at least 4 members (excludes halogenated alkanes) is 2. The van der Waals surface area contributed by atoms with E-state index in [1.165, 1.54) is 19.3 Å². The van der Waals surface area contributed by atoms with Gasteiger partial charge in [0.25, 0.3) is 5.91 Å². The molecule has 1 amide bonds. The van der Waals surface area contributed by atoms with E-state index in [0.29, 0.717) is 22.8 Å². The third kappa shape index (κ3) is 5.94. The van der Waals surface area contributed by atoms with Gasteiger partial charge in [0, 0.05) is 11.6 Å². The van der Waals surface area contributed by atoms with Gasteiger partial charge in [0.1, 0.15) is 0 Å². The quantitative estimate of drug-likeness (QED) is 0.387. The second kappa shape index (κ2) is 8.25. The van der Waals surface area contributed by atoms with Gasteiger partial charge in [-0.25, -0.2) is 0 Å². The molecule has 4 nitrogen and oxygen atoms in total. The molecule has 0 radical (unpaired) electrons. The van der Waals surface area contributed by atoms with Gasteiger partial charge in [0.2, 0.25) is 0 Å². The molecule has 0 saturated heterocycles. The maximum atomic E-state index is 12.3. The van der Waals surface area contributed by atoms with Crippen LogP contribution in [0.4, 0.5) is 5.69 Å². The van der Waals surface area contributed by atoms with Crippen molar-refractivity contribution in [2.24, 2.45) is 11.3 Å². The Morgan fingerprint density at radius 3 is 2.67 bits per heavy atom. The number of anilines is 1. The normalized spacial score (nSPS) is 11.3. The largest absolute Gasteiger partial charge is 0.351 e. The van der Waals surface area contributed by atoms with E-state index in [-0.39, 0.29) is 11.3 Å². The average molecular weight is 312 g/mol. The summed E-state index contributed by atoms with van der Waals surface area (Å²) < 4.78 is 0. The summed E-state index contributed by atoms with van der Waals surface area (Å²) in [7, 11) is 0. The van der Waals surface area contributed by atoms with E-state index in [1.54, 1.807) is 18.2 Å². The first-order valence-corrected chi connectivity index (χ1v) is 7.82. The van der Waals surface area contributed by atoms with Crippen LogP contribution in [0, 0.1) is 5.41 Å². The summed E-state index contributed by atoms with van der Waals surface area (Å²) in [6.45, 7) is 7.16. The SMILES string of the molecule is CCCCCC(C)(C)CNC(=O)c1cc(Cl)ccc1NN. The van der Waals surface area contributed by atoms with Crippen LogP contribution in [-0.2, 0) is 0 Å². The van der Waals surface area contributed by atoms with Crippen molar-refractivity contribution < 1.29 is 4.79 Å². The van der Waals surface area contributed by atoms with Crippen molar-refractivity contribution in [2.45, 2.75) is 46.5 Å². The van der Waals surface area contributed by atoms with Crippen LogP contribution in [-0.4, -0.2) is 12.5 Å². The second-order valence-electron chi connectivity index (χ2n) is 6.14. The Kier molecular flexibility index (Phi) is 6.99. The summed E-state index contributed by atoms with van der Waals surface area (Å²) in [5.41, 5.74) is 3.64. The van der Waals surface area contributed by atoms with Gasteiger partial charge in [-0.3, -0.25) is 10.6 Å². The van der Waals surface area contributed by atoms with Crippen molar-refractivity contribution >= 4 is 23.2 Å². The van der Waals surface area contributed by atoms with Crippen molar-refractivity contribution in [1.29, 1.82) is 0 Å². The molecule has 4 N–H and O–H groups in total. The first kappa shape index (κ1) is 17.8. The number of nitrogens with one attached hydrogen (secondary N) is 2. The molecule has 0 atom stereocenters. The topological polar surface area (TPSA) is 67.2 Å². The number of nitrogen functional groups attached to an aromatic ring is 1. The zero-order valence-corrected chi connectivity index (χ0v) is 13.9. The minimum atomic E-state index is -0.158. The van der Waals surface area contributed by atoms with Gasteiger partial charge in [-0.15, -0.1) is 0 Å². The predicted octanol–water partition coefficient (Wildman–Crippen LogP) is 3.96. The third-order valence-corrected chi connectivity index (χ3v) is 3.80. The third-order valence-electron chi connectivity index (χ3n) is 3.57. The Bertz CT molecular complexity index is 475. The van der Waals surface area contributed by atoms with Gasteiger partial charge in [0.15, 0.2) is 0 Å². The minimum Gasteiger partial charge on any atom is -0.351 e. The number of benzene rings is 1. The van der Waals surface area contributed by atoms with Crippen LogP contribution in [0.25, 0.3) is 0 Å². The zero-order chi connectivity index (χ0) is 15.9. The number of rotatable bonds is 8. The lowest BCUT2D eigenvalue weighted by molar-refractivity contribution is 0.0935. The van der Waals surface area contributed by atoms with Gasteiger partial charge in [-0.1, -0.05) is 51.6 Å². The monoisotopic (exact) mass is 311 g/mol. The number of halogens is 1. The number of carbonyl (C=O) groups excluding carboxylic acids is 1. The van der Waals surface area contributed by atoms with Gasteiger partial charge in [-0.2, -0.15) is 0 Å². The molecule has 0 spiro atoms. The Hall–Kier alpha value is -1.26. The Labute approximate surface area is 132 Å². The van der Waals surface area contributed by atoms with Gasteiger partial charge in [0.05, 0.1) is 11.3 Å². The molecule has 0 bridgehead atoms. The molecule has 0 aliphatic heterocycles. The highest BCUT2D eigenvalue weighted by Crippen LogP contribution is 2.24. The van der Waals surface area contributed by atoms with Crippen molar-refractivity contribution in [1.82, 2.24) is 5.32 Å². The van der Waals surface area contributed by atoms with Gasteiger partial charge < -0.3 is 10.7 Å². The van der Waals surface area contributed by atoms with E-state index in [1.807, 2.05) is 0 Å². The lowest BCUT2D eigenvalue weighted by Gasteiger charge is -2.25. The first-order chi connectivity index (χ1) is 9.89. The summed E-state index contributed by atoms with van der Waals surface area (Å²) in [6, 6.07) is 5.02. The molecule has 0 aliphatic rings. The molecule has 0 heterocycles. The molecule has 1 aromatic rings. The number of nitrogens with two attached hydrogens (primary N) is 1. The molecule has 0 aliphatic carbocycles. The molecular weight excluding hydrogens is 286 g/mol. The summed E-state index contributed by atoms with van der Waals surface area (Å²) in [5, 5.41) is 3.49. The molecule has 0 fully saturated rings. The van der Waals surface area contributed by atoms with E-state index in [4.69, 9.17) is 17.4 Å². The van der Waals surface area contributed by atoms with E-state index in [2.05, 4.69) is 31.5 Å². The van der Waals surface area contributed by atoms with Gasteiger partial charge in [-0.05, 0) is 30.0 Å². The van der Waals surface area contributed by atoms with Crippen LogP contribution in [0.15, 0.2) is 18.2 Å². The number of hydrazine groups is 1. The zero-order valence-electron chi connectivity index (χ0n) is 13.1. The number of hydrogen-bond donors (Lipinski definition) is 3. The molecule has 1 rings (SSSR count). The van der Waals surface area contributed by atoms with Crippen molar-refractivity contribution in [3.8, 4) is 0 Å². The lowest BCUT2D eigenvalue weighted by Crippen LogP contribution is -2.34. The summed E-state index contributed by atoms with van der Waals surface area (Å²) in [5.74, 6) is 5.27. The van der Waals surface area contributed by atoms with E-state index in [0.717, 1.165) is 6.42 Å². The highest BCUT2D eigenvalue weighted by atomic mass is 35.5. The lowest BCUT2D eigenvalue weighted by atomic mass is 9.87. The van der Waals surface area contributed by atoms with Crippen LogP contribution in [0.1, 0.15) is 56.8 Å². The standard InChI is InChI=1S/C16H26ClN3O/c1-4-5-6-9-16(2,3)11-19-15(21)13-10-12(17)7-8-14(13)20-18/h7-8,10,20H,4-6,9,11,18H2,1-3H3,(H,19,21).